The van der Waals surface area contributed by atoms with Gasteiger partial charge in [-0.2, -0.15) is 0 Å². The molecule has 0 saturated carbocycles. The normalized spacial score (nSPS) is 11.2. The summed E-state index contributed by atoms with van der Waals surface area (Å²) in [6, 6.07) is 11.6. The van der Waals surface area contributed by atoms with Gasteiger partial charge in [0.25, 0.3) is 5.91 Å². The molecule has 4 N–H and O–H groups in total. The van der Waals surface area contributed by atoms with Gasteiger partial charge in [0.15, 0.2) is 0 Å². The van der Waals surface area contributed by atoms with Crippen LogP contribution in [0.25, 0.3) is 0 Å². The summed E-state index contributed by atoms with van der Waals surface area (Å²) < 4.78 is 27.4. The molecule has 0 fully saturated rings. The predicted molar refractivity (Wildman–Crippen MR) is 106 cm³/mol. The van der Waals surface area contributed by atoms with Crippen LogP contribution in [0.15, 0.2) is 53.4 Å². The van der Waals surface area contributed by atoms with Gasteiger partial charge in [-0.3, -0.25) is 9.59 Å². The molecule has 28 heavy (non-hydrogen) atoms. The van der Waals surface area contributed by atoms with E-state index in [4.69, 9.17) is 0 Å². The average Bonchev–Trinajstić information content (AvgIpc) is 2.66. The Hall–Kier alpha value is -2.91. The van der Waals surface area contributed by atoms with Crippen LogP contribution in [0.4, 0.5) is 5.69 Å². The van der Waals surface area contributed by atoms with Crippen molar-refractivity contribution in [1.82, 2.24) is 10.0 Å². The van der Waals surface area contributed by atoms with Crippen LogP contribution in [0.1, 0.15) is 24.2 Å². The molecule has 0 heterocycles. The highest BCUT2D eigenvalue weighted by Gasteiger charge is 2.22. The molecule has 150 valence electrons. The Kier molecular flexibility index (Phi) is 7.13. The summed E-state index contributed by atoms with van der Waals surface area (Å²) in [4.78, 5) is 24.1. The van der Waals surface area contributed by atoms with Crippen molar-refractivity contribution in [2.45, 2.75) is 18.7 Å². The molecule has 2 rings (SSSR count). The maximum Gasteiger partial charge on any atom is 0.252 e. The van der Waals surface area contributed by atoms with Crippen LogP contribution >= 0.6 is 0 Å². The van der Waals surface area contributed by atoms with Crippen LogP contribution in [-0.4, -0.2) is 38.4 Å². The van der Waals surface area contributed by atoms with Crippen molar-refractivity contribution in [3.63, 3.8) is 0 Å². The van der Waals surface area contributed by atoms with Gasteiger partial charge in [-0.15, -0.1) is 0 Å². The molecule has 0 radical (unpaired) electrons. The highest BCUT2D eigenvalue weighted by molar-refractivity contribution is 7.89. The Morgan fingerprint density at radius 3 is 2.32 bits per heavy atom. The number of sulfonamides is 1. The highest BCUT2D eigenvalue weighted by Crippen LogP contribution is 2.16. The summed E-state index contributed by atoms with van der Waals surface area (Å²) in [5.41, 5.74) is 0.421. The van der Waals surface area contributed by atoms with Gasteiger partial charge in [-0.25, -0.2) is 13.1 Å². The first-order chi connectivity index (χ1) is 13.2. The third-order valence-corrected chi connectivity index (χ3v) is 5.13. The lowest BCUT2D eigenvalue weighted by molar-refractivity contribution is -0.115. The summed E-state index contributed by atoms with van der Waals surface area (Å²) in [6.45, 7) is 3.76. The molecule has 0 spiro atoms. The molecule has 0 bridgehead atoms. The van der Waals surface area contributed by atoms with E-state index in [1.807, 2.05) is 13.8 Å². The number of carbonyl (C=O) groups is 2. The second-order valence-corrected chi connectivity index (χ2v) is 8.26. The van der Waals surface area contributed by atoms with Crippen molar-refractivity contribution < 1.29 is 23.1 Å². The molecule has 0 unspecified atom stereocenters. The van der Waals surface area contributed by atoms with Crippen molar-refractivity contribution in [3.8, 4) is 5.75 Å². The van der Waals surface area contributed by atoms with Gasteiger partial charge in [0, 0.05) is 12.2 Å². The third kappa shape index (κ3) is 6.07. The van der Waals surface area contributed by atoms with E-state index in [-0.39, 0.29) is 22.1 Å². The molecule has 9 heteroatoms. The lowest BCUT2D eigenvalue weighted by Crippen LogP contribution is -2.35. The Balaban J connectivity index is 2.07. The molecule has 8 nitrogen and oxygen atoms in total. The number of carbonyl (C=O) groups excluding carboxylic acids is 2. The first kappa shape index (κ1) is 21.4. The molecule has 0 aliphatic carbocycles. The van der Waals surface area contributed by atoms with Crippen LogP contribution in [0, 0.1) is 5.92 Å². The second kappa shape index (κ2) is 9.34. The lowest BCUT2D eigenvalue weighted by atomic mass is 10.2. The molecular formula is C19H23N3O5S. The van der Waals surface area contributed by atoms with E-state index in [2.05, 4.69) is 15.4 Å². The predicted octanol–water partition coefficient (Wildman–Crippen LogP) is 1.69. The molecule has 0 aliphatic rings. The molecular weight excluding hydrogens is 382 g/mol. The summed E-state index contributed by atoms with van der Waals surface area (Å²) in [7, 11) is -4.08. The molecule has 2 amide bonds. The minimum atomic E-state index is -4.08. The van der Waals surface area contributed by atoms with Crippen molar-refractivity contribution in [3.05, 3.63) is 54.1 Å². The average molecular weight is 405 g/mol. The van der Waals surface area contributed by atoms with Crippen molar-refractivity contribution >= 4 is 27.5 Å². The highest BCUT2D eigenvalue weighted by atomic mass is 32.2. The van der Waals surface area contributed by atoms with E-state index in [0.29, 0.717) is 12.2 Å². The maximum absolute atomic E-state index is 12.6. The number of benzene rings is 2. The minimum Gasteiger partial charge on any atom is -0.508 e. The van der Waals surface area contributed by atoms with Crippen LogP contribution in [-0.2, 0) is 14.8 Å². The number of amides is 2. The van der Waals surface area contributed by atoms with E-state index in [0.717, 1.165) is 0 Å². The number of nitrogens with one attached hydrogen (secondary N) is 3. The van der Waals surface area contributed by atoms with E-state index >= 15 is 0 Å². The number of phenolic OH excluding ortho intramolecular Hbond substituents is 1. The number of anilines is 1. The van der Waals surface area contributed by atoms with Gasteiger partial charge in [-0.05, 0) is 42.3 Å². The molecule has 0 atom stereocenters. The van der Waals surface area contributed by atoms with Crippen molar-refractivity contribution in [1.29, 1.82) is 0 Å². The standard InChI is InChI=1S/C19H23N3O5S/c1-13(2)11-20-19(25)16-5-3-4-6-17(16)28(26,27)21-12-18(24)22-14-7-9-15(23)10-8-14/h3-10,13,21,23H,11-12H2,1-2H3,(H,20,25)(H,22,24). The Labute approximate surface area is 164 Å². The van der Waals surface area contributed by atoms with Crippen molar-refractivity contribution in [2.75, 3.05) is 18.4 Å². The number of aromatic hydroxyl groups is 1. The van der Waals surface area contributed by atoms with Crippen LogP contribution in [0.5, 0.6) is 5.75 Å². The first-order valence-corrected chi connectivity index (χ1v) is 10.1. The molecule has 2 aromatic rings. The number of hydrogen-bond acceptors (Lipinski definition) is 5. The minimum absolute atomic E-state index is 0.00888. The number of rotatable bonds is 8. The number of hydrogen-bond donors (Lipinski definition) is 4. The quantitative estimate of drug-likeness (QED) is 0.498. The van der Waals surface area contributed by atoms with Gasteiger partial charge < -0.3 is 15.7 Å². The van der Waals surface area contributed by atoms with Crippen molar-refractivity contribution in [2.24, 2.45) is 5.92 Å². The second-order valence-electron chi connectivity index (χ2n) is 6.52. The van der Waals surface area contributed by atoms with E-state index in [9.17, 15) is 23.1 Å². The zero-order chi connectivity index (χ0) is 20.7. The third-order valence-electron chi connectivity index (χ3n) is 3.67. The van der Waals surface area contributed by atoms with Crippen LogP contribution < -0.4 is 15.4 Å². The summed E-state index contributed by atoms with van der Waals surface area (Å²) >= 11 is 0. The van der Waals surface area contributed by atoms with Gasteiger partial charge in [0.05, 0.1) is 17.0 Å². The summed E-state index contributed by atoms with van der Waals surface area (Å²) in [5, 5.41) is 14.4. The molecule has 0 aromatic heterocycles. The zero-order valence-electron chi connectivity index (χ0n) is 15.6. The fourth-order valence-electron chi connectivity index (χ4n) is 2.27. The zero-order valence-corrected chi connectivity index (χ0v) is 16.4. The number of phenols is 1. The fraction of sp³-hybridized carbons (Fsp3) is 0.263. The first-order valence-electron chi connectivity index (χ1n) is 8.65. The van der Waals surface area contributed by atoms with E-state index < -0.39 is 28.4 Å². The summed E-state index contributed by atoms with van der Waals surface area (Å²) in [5.74, 6) is -0.820. The van der Waals surface area contributed by atoms with Crippen LogP contribution in [0.2, 0.25) is 0 Å². The SMILES string of the molecule is CC(C)CNC(=O)c1ccccc1S(=O)(=O)NCC(=O)Nc1ccc(O)cc1. The Morgan fingerprint density at radius 2 is 1.68 bits per heavy atom. The summed E-state index contributed by atoms with van der Waals surface area (Å²) in [6.07, 6.45) is 0. The van der Waals surface area contributed by atoms with E-state index in [1.54, 1.807) is 6.07 Å². The maximum atomic E-state index is 12.6. The Bertz CT molecular complexity index is 940. The lowest BCUT2D eigenvalue weighted by Gasteiger charge is -2.13. The van der Waals surface area contributed by atoms with Gasteiger partial charge in [0.2, 0.25) is 15.9 Å². The topological polar surface area (TPSA) is 125 Å². The van der Waals surface area contributed by atoms with Crippen LogP contribution in [0.3, 0.4) is 0 Å². The molecule has 2 aromatic carbocycles. The van der Waals surface area contributed by atoms with Gasteiger partial charge in [0.1, 0.15) is 5.75 Å². The molecule has 0 saturated heterocycles. The van der Waals surface area contributed by atoms with Gasteiger partial charge in [-0.1, -0.05) is 26.0 Å². The smallest absolute Gasteiger partial charge is 0.252 e. The van der Waals surface area contributed by atoms with Gasteiger partial charge >= 0.3 is 0 Å². The fourth-order valence-corrected chi connectivity index (χ4v) is 3.45. The Morgan fingerprint density at radius 1 is 1.04 bits per heavy atom. The van der Waals surface area contributed by atoms with E-state index in [1.165, 1.54) is 42.5 Å². The monoisotopic (exact) mass is 405 g/mol. The largest absolute Gasteiger partial charge is 0.508 e. The molecule has 0 aliphatic heterocycles.